The lowest BCUT2D eigenvalue weighted by Crippen LogP contribution is -2.28. The third-order valence-corrected chi connectivity index (χ3v) is 5.87. The summed E-state index contributed by atoms with van der Waals surface area (Å²) in [4.78, 5) is 31.3. The maximum absolute atomic E-state index is 12.6. The van der Waals surface area contributed by atoms with Crippen molar-refractivity contribution in [2.24, 2.45) is 5.92 Å². The number of amides is 2. The van der Waals surface area contributed by atoms with Crippen molar-refractivity contribution in [1.29, 1.82) is 0 Å². The zero-order valence-corrected chi connectivity index (χ0v) is 16.2. The molecule has 6 heteroatoms. The average Bonchev–Trinajstić information content (AvgIpc) is 3.23. The Labute approximate surface area is 162 Å². The van der Waals surface area contributed by atoms with Gasteiger partial charge in [-0.2, -0.15) is 0 Å². The number of nitrogens with zero attached hydrogens (tertiary/aromatic N) is 2. The van der Waals surface area contributed by atoms with Crippen LogP contribution in [0.5, 0.6) is 0 Å². The first-order valence-electron chi connectivity index (χ1n) is 9.11. The number of nitrogens with one attached hydrogen (secondary N) is 1. The van der Waals surface area contributed by atoms with E-state index in [1.807, 2.05) is 49.4 Å². The number of aromatic nitrogens is 1. The van der Waals surface area contributed by atoms with Crippen LogP contribution in [0.2, 0.25) is 0 Å². The van der Waals surface area contributed by atoms with Crippen LogP contribution in [0.3, 0.4) is 0 Å². The molecule has 0 saturated carbocycles. The topological polar surface area (TPSA) is 62.3 Å². The summed E-state index contributed by atoms with van der Waals surface area (Å²) in [5, 5.41) is 3.93. The van der Waals surface area contributed by atoms with Gasteiger partial charge in [-0.3, -0.25) is 9.59 Å². The van der Waals surface area contributed by atoms with Crippen molar-refractivity contribution in [1.82, 2.24) is 4.98 Å². The zero-order valence-electron chi connectivity index (χ0n) is 15.4. The predicted octanol–water partition coefficient (Wildman–Crippen LogP) is 4.16. The molecule has 1 N–H and O–H groups in total. The first-order chi connectivity index (χ1) is 13.0. The van der Waals surface area contributed by atoms with Crippen LogP contribution in [0.15, 0.2) is 42.5 Å². The van der Waals surface area contributed by atoms with Crippen LogP contribution in [0.1, 0.15) is 23.9 Å². The Morgan fingerprint density at radius 1 is 1.26 bits per heavy atom. The molecule has 0 bridgehead atoms. The van der Waals surface area contributed by atoms with E-state index in [2.05, 4.69) is 17.2 Å². The quantitative estimate of drug-likeness (QED) is 0.740. The van der Waals surface area contributed by atoms with Crippen LogP contribution >= 0.6 is 11.3 Å². The Bertz CT molecular complexity index is 1010. The number of hydrogen-bond acceptors (Lipinski definition) is 4. The van der Waals surface area contributed by atoms with Crippen LogP contribution < -0.4 is 10.2 Å². The molecule has 5 nitrogen and oxygen atoms in total. The molecule has 1 saturated heterocycles. The van der Waals surface area contributed by atoms with Gasteiger partial charge in [0.2, 0.25) is 11.8 Å². The maximum atomic E-state index is 12.6. The van der Waals surface area contributed by atoms with Crippen molar-refractivity contribution < 1.29 is 9.59 Å². The van der Waals surface area contributed by atoms with Gasteiger partial charge in [0.1, 0.15) is 0 Å². The number of aryl methyl sites for hydroxylation is 2. The Balaban J connectivity index is 1.47. The van der Waals surface area contributed by atoms with Crippen LogP contribution in [0.25, 0.3) is 10.2 Å². The molecule has 27 heavy (non-hydrogen) atoms. The predicted molar refractivity (Wildman–Crippen MR) is 109 cm³/mol. The van der Waals surface area contributed by atoms with E-state index in [0.717, 1.165) is 33.0 Å². The summed E-state index contributed by atoms with van der Waals surface area (Å²) in [6, 6.07) is 13.7. The van der Waals surface area contributed by atoms with Gasteiger partial charge in [-0.25, -0.2) is 4.98 Å². The Morgan fingerprint density at radius 2 is 2.04 bits per heavy atom. The van der Waals surface area contributed by atoms with Crippen molar-refractivity contribution in [3.05, 3.63) is 53.0 Å². The number of fused-ring (bicyclic) bond motifs is 1. The summed E-state index contributed by atoms with van der Waals surface area (Å²) in [5.41, 5.74) is 3.69. The highest BCUT2D eigenvalue weighted by molar-refractivity contribution is 7.18. The Morgan fingerprint density at radius 3 is 2.78 bits per heavy atom. The van der Waals surface area contributed by atoms with Crippen molar-refractivity contribution in [2.45, 2.75) is 26.7 Å². The van der Waals surface area contributed by atoms with Crippen molar-refractivity contribution in [2.75, 3.05) is 16.8 Å². The lowest BCUT2D eigenvalue weighted by molar-refractivity contribution is -0.122. The summed E-state index contributed by atoms with van der Waals surface area (Å²) in [6.07, 6.45) is 1.19. The van der Waals surface area contributed by atoms with Crippen LogP contribution in [0.4, 0.5) is 11.4 Å². The molecule has 2 aromatic carbocycles. The largest absolute Gasteiger partial charge is 0.326 e. The average molecular weight is 379 g/mol. The van der Waals surface area contributed by atoms with Crippen molar-refractivity contribution in [3.63, 3.8) is 0 Å². The monoisotopic (exact) mass is 379 g/mol. The van der Waals surface area contributed by atoms with Gasteiger partial charge >= 0.3 is 0 Å². The van der Waals surface area contributed by atoms with Crippen LogP contribution in [-0.2, 0) is 16.0 Å². The van der Waals surface area contributed by atoms with E-state index >= 15 is 0 Å². The second-order valence-electron chi connectivity index (χ2n) is 6.83. The smallest absolute Gasteiger partial charge is 0.229 e. The van der Waals surface area contributed by atoms with E-state index in [9.17, 15) is 9.59 Å². The van der Waals surface area contributed by atoms with Crippen molar-refractivity contribution in [3.8, 4) is 0 Å². The molecule has 1 aliphatic rings. The molecule has 1 aliphatic heterocycles. The molecule has 0 radical (unpaired) electrons. The minimum atomic E-state index is -0.351. The lowest BCUT2D eigenvalue weighted by Gasteiger charge is -2.16. The number of thiazole rings is 1. The van der Waals surface area contributed by atoms with E-state index in [4.69, 9.17) is 0 Å². The molecule has 2 heterocycles. The molecule has 3 aromatic rings. The van der Waals surface area contributed by atoms with E-state index in [1.165, 1.54) is 5.56 Å². The highest BCUT2D eigenvalue weighted by Crippen LogP contribution is 2.30. The molecule has 138 valence electrons. The van der Waals surface area contributed by atoms with Gasteiger partial charge in [0.15, 0.2) is 0 Å². The highest BCUT2D eigenvalue weighted by atomic mass is 32.1. The molecule has 1 unspecified atom stereocenters. The van der Waals surface area contributed by atoms with Gasteiger partial charge in [0, 0.05) is 24.3 Å². The minimum Gasteiger partial charge on any atom is -0.326 e. The molecule has 1 fully saturated rings. The van der Waals surface area contributed by atoms with E-state index < -0.39 is 0 Å². The summed E-state index contributed by atoms with van der Waals surface area (Å²) in [7, 11) is 0. The van der Waals surface area contributed by atoms with Gasteiger partial charge < -0.3 is 10.2 Å². The molecule has 2 amide bonds. The van der Waals surface area contributed by atoms with E-state index in [-0.39, 0.29) is 24.2 Å². The Hall–Kier alpha value is -2.73. The molecule has 1 atom stereocenters. The molecular formula is C21H21N3O2S. The highest BCUT2D eigenvalue weighted by Gasteiger charge is 2.35. The normalized spacial score (nSPS) is 16.9. The molecular weight excluding hydrogens is 358 g/mol. The first kappa shape index (κ1) is 17.7. The number of rotatable bonds is 4. The molecule has 0 aliphatic carbocycles. The van der Waals surface area contributed by atoms with Crippen LogP contribution in [0, 0.1) is 12.8 Å². The second-order valence-corrected chi connectivity index (χ2v) is 8.06. The lowest BCUT2D eigenvalue weighted by atomic mass is 10.1. The zero-order chi connectivity index (χ0) is 19.0. The fourth-order valence-corrected chi connectivity index (χ4v) is 4.21. The summed E-state index contributed by atoms with van der Waals surface area (Å²) in [5.74, 6) is -0.486. The number of hydrogen-bond donors (Lipinski definition) is 1. The summed E-state index contributed by atoms with van der Waals surface area (Å²) >= 11 is 1.63. The van der Waals surface area contributed by atoms with Gasteiger partial charge in [-0.05, 0) is 49.2 Å². The Kier molecular flexibility index (Phi) is 4.66. The second kappa shape index (κ2) is 7.12. The molecule has 4 rings (SSSR count). The molecule has 0 spiro atoms. The number of carbonyl (C=O) groups is 2. The SMILES string of the molecule is CCc1ccc(NC(=O)C2CC(=O)N(c3ccc4sc(C)nc4c3)C2)cc1. The summed E-state index contributed by atoms with van der Waals surface area (Å²) in [6.45, 7) is 4.46. The standard InChI is InChI=1S/C21H21N3O2S/c1-3-14-4-6-16(7-5-14)23-21(26)15-10-20(25)24(12-15)17-8-9-19-18(11-17)22-13(2)27-19/h4-9,11,15H,3,10,12H2,1-2H3,(H,23,26). The van der Waals surface area contributed by atoms with Gasteiger partial charge in [-0.15, -0.1) is 11.3 Å². The third kappa shape index (κ3) is 3.57. The van der Waals surface area contributed by atoms with Gasteiger partial charge in [0.25, 0.3) is 0 Å². The third-order valence-electron chi connectivity index (χ3n) is 4.92. The van der Waals surface area contributed by atoms with Gasteiger partial charge in [0.05, 0.1) is 21.1 Å². The number of anilines is 2. The fourth-order valence-electron chi connectivity index (χ4n) is 3.40. The number of carbonyl (C=O) groups excluding carboxylic acids is 2. The van der Waals surface area contributed by atoms with Crippen LogP contribution in [-0.4, -0.2) is 23.3 Å². The number of benzene rings is 2. The first-order valence-corrected chi connectivity index (χ1v) is 9.92. The van der Waals surface area contributed by atoms with Gasteiger partial charge in [-0.1, -0.05) is 19.1 Å². The van der Waals surface area contributed by atoms with E-state index in [0.29, 0.717) is 6.54 Å². The fraction of sp³-hybridized carbons (Fsp3) is 0.286. The van der Waals surface area contributed by atoms with E-state index in [1.54, 1.807) is 16.2 Å². The maximum Gasteiger partial charge on any atom is 0.229 e. The molecule has 1 aromatic heterocycles. The summed E-state index contributed by atoms with van der Waals surface area (Å²) < 4.78 is 1.10. The van der Waals surface area contributed by atoms with Crippen molar-refractivity contribution >= 4 is 44.7 Å². The minimum absolute atomic E-state index is 0.0252.